The zero-order valence-corrected chi connectivity index (χ0v) is 13.2. The summed E-state index contributed by atoms with van der Waals surface area (Å²) in [6, 6.07) is 16.9. The van der Waals surface area contributed by atoms with Gasteiger partial charge >= 0.3 is 0 Å². The predicted octanol–water partition coefficient (Wildman–Crippen LogP) is 5.18. The highest BCUT2D eigenvalue weighted by Crippen LogP contribution is 2.35. The molecule has 0 saturated heterocycles. The zero-order valence-electron chi connectivity index (χ0n) is 12.5. The first-order valence-electron chi connectivity index (χ1n) is 7.13. The Hall–Kier alpha value is -2.32. The van der Waals surface area contributed by atoms with Gasteiger partial charge in [0.25, 0.3) is 0 Å². The SMILES string of the molecule is Cc1[nH]c(C)c(-c2ccccc2Cl)c1C(=O)c1ccccc1. The van der Waals surface area contributed by atoms with Gasteiger partial charge in [-0.25, -0.2) is 0 Å². The molecular weight excluding hydrogens is 294 g/mol. The number of hydrogen-bond acceptors (Lipinski definition) is 1. The number of aromatic nitrogens is 1. The minimum atomic E-state index is 0.0115. The van der Waals surface area contributed by atoms with Crippen molar-refractivity contribution in [2.45, 2.75) is 13.8 Å². The van der Waals surface area contributed by atoms with Crippen molar-refractivity contribution >= 4 is 17.4 Å². The van der Waals surface area contributed by atoms with Crippen LogP contribution in [0, 0.1) is 13.8 Å². The Morgan fingerprint density at radius 2 is 1.55 bits per heavy atom. The molecule has 2 nitrogen and oxygen atoms in total. The van der Waals surface area contributed by atoms with E-state index >= 15 is 0 Å². The number of aryl methyl sites for hydroxylation is 2. The maximum Gasteiger partial charge on any atom is 0.195 e. The Morgan fingerprint density at radius 3 is 2.23 bits per heavy atom. The van der Waals surface area contributed by atoms with Crippen LogP contribution in [0.25, 0.3) is 11.1 Å². The molecule has 0 atom stereocenters. The van der Waals surface area contributed by atoms with Gasteiger partial charge < -0.3 is 4.98 Å². The fourth-order valence-corrected chi connectivity index (χ4v) is 3.03. The van der Waals surface area contributed by atoms with Crippen molar-refractivity contribution in [3.8, 4) is 11.1 Å². The number of ketones is 1. The van der Waals surface area contributed by atoms with Crippen molar-refractivity contribution in [2.24, 2.45) is 0 Å². The number of rotatable bonds is 3. The van der Waals surface area contributed by atoms with Crippen LogP contribution < -0.4 is 0 Å². The van der Waals surface area contributed by atoms with E-state index in [-0.39, 0.29) is 5.78 Å². The third-order valence-corrected chi connectivity index (χ3v) is 4.11. The molecule has 1 aromatic heterocycles. The highest BCUT2D eigenvalue weighted by atomic mass is 35.5. The van der Waals surface area contributed by atoms with Gasteiger partial charge in [-0.15, -0.1) is 0 Å². The highest BCUT2D eigenvalue weighted by Gasteiger charge is 2.22. The zero-order chi connectivity index (χ0) is 15.7. The number of halogens is 1. The summed E-state index contributed by atoms with van der Waals surface area (Å²) in [6.07, 6.45) is 0. The van der Waals surface area contributed by atoms with Gasteiger partial charge in [-0.3, -0.25) is 4.79 Å². The quantitative estimate of drug-likeness (QED) is 0.664. The van der Waals surface area contributed by atoms with Gasteiger partial charge in [0.15, 0.2) is 5.78 Å². The summed E-state index contributed by atoms with van der Waals surface area (Å²) in [5.74, 6) is 0.0115. The van der Waals surface area contributed by atoms with Crippen molar-refractivity contribution in [3.63, 3.8) is 0 Å². The predicted molar refractivity (Wildman–Crippen MR) is 90.6 cm³/mol. The van der Waals surface area contributed by atoms with Gasteiger partial charge in [-0.2, -0.15) is 0 Å². The Balaban J connectivity index is 2.22. The van der Waals surface area contributed by atoms with E-state index in [0.717, 1.165) is 22.5 Å². The maximum absolute atomic E-state index is 12.9. The van der Waals surface area contributed by atoms with Crippen LogP contribution in [0.4, 0.5) is 0 Å². The van der Waals surface area contributed by atoms with Crippen LogP contribution in [0.3, 0.4) is 0 Å². The second-order valence-corrected chi connectivity index (χ2v) is 5.71. The standard InChI is InChI=1S/C19H16ClNO/c1-12-17(15-10-6-7-11-16(15)20)18(13(2)21-12)19(22)14-8-4-3-5-9-14/h3-11,21H,1-2H3. The van der Waals surface area contributed by atoms with Gasteiger partial charge in [-0.1, -0.05) is 60.1 Å². The summed E-state index contributed by atoms with van der Waals surface area (Å²) in [5.41, 5.74) is 4.95. The van der Waals surface area contributed by atoms with Crippen molar-refractivity contribution in [2.75, 3.05) is 0 Å². The van der Waals surface area contributed by atoms with E-state index in [9.17, 15) is 4.79 Å². The van der Waals surface area contributed by atoms with Crippen LogP contribution >= 0.6 is 11.6 Å². The number of aromatic amines is 1. The molecule has 0 aliphatic rings. The molecule has 1 heterocycles. The largest absolute Gasteiger partial charge is 0.362 e. The van der Waals surface area contributed by atoms with Gasteiger partial charge in [0.1, 0.15) is 0 Å². The fraction of sp³-hybridized carbons (Fsp3) is 0.105. The van der Waals surface area contributed by atoms with Crippen LogP contribution in [0.1, 0.15) is 27.3 Å². The van der Waals surface area contributed by atoms with E-state index in [1.165, 1.54) is 0 Å². The van der Waals surface area contributed by atoms with Crippen LogP contribution in [0.2, 0.25) is 5.02 Å². The van der Waals surface area contributed by atoms with E-state index in [0.29, 0.717) is 16.1 Å². The lowest BCUT2D eigenvalue weighted by molar-refractivity contribution is 0.103. The minimum Gasteiger partial charge on any atom is -0.362 e. The van der Waals surface area contributed by atoms with Crippen molar-refractivity contribution in [1.82, 2.24) is 4.98 Å². The average molecular weight is 310 g/mol. The highest BCUT2D eigenvalue weighted by molar-refractivity contribution is 6.33. The summed E-state index contributed by atoms with van der Waals surface area (Å²) in [7, 11) is 0. The number of carbonyl (C=O) groups excluding carboxylic acids is 1. The molecule has 2 aromatic carbocycles. The average Bonchev–Trinajstić information content (AvgIpc) is 2.82. The summed E-state index contributed by atoms with van der Waals surface area (Å²) in [4.78, 5) is 16.2. The molecule has 3 heteroatoms. The van der Waals surface area contributed by atoms with Crippen molar-refractivity contribution < 1.29 is 4.79 Å². The lowest BCUT2D eigenvalue weighted by Gasteiger charge is -2.08. The molecule has 22 heavy (non-hydrogen) atoms. The minimum absolute atomic E-state index is 0.0115. The van der Waals surface area contributed by atoms with Gasteiger partial charge in [0, 0.05) is 33.1 Å². The fourth-order valence-electron chi connectivity index (χ4n) is 2.80. The van der Waals surface area contributed by atoms with Crippen LogP contribution in [-0.4, -0.2) is 10.8 Å². The van der Waals surface area contributed by atoms with Gasteiger partial charge in [0.05, 0.1) is 5.56 Å². The molecule has 3 rings (SSSR count). The lowest BCUT2D eigenvalue weighted by atomic mass is 9.94. The number of H-pyrrole nitrogens is 1. The summed E-state index contributed by atoms with van der Waals surface area (Å²) in [5, 5.41) is 0.645. The monoisotopic (exact) mass is 309 g/mol. The molecule has 0 amide bonds. The molecule has 0 aliphatic carbocycles. The van der Waals surface area contributed by atoms with Crippen LogP contribution in [0.5, 0.6) is 0 Å². The molecule has 1 N–H and O–H groups in total. The molecule has 0 fully saturated rings. The Morgan fingerprint density at radius 1 is 0.909 bits per heavy atom. The molecule has 110 valence electrons. The second-order valence-electron chi connectivity index (χ2n) is 5.30. The number of carbonyl (C=O) groups is 1. The van der Waals surface area contributed by atoms with E-state index in [1.807, 2.05) is 68.4 Å². The molecule has 0 radical (unpaired) electrons. The summed E-state index contributed by atoms with van der Waals surface area (Å²) < 4.78 is 0. The first kappa shape index (κ1) is 14.6. The topological polar surface area (TPSA) is 32.9 Å². The third kappa shape index (κ3) is 2.46. The number of hydrogen-bond donors (Lipinski definition) is 1. The molecule has 0 bridgehead atoms. The molecule has 0 aliphatic heterocycles. The van der Waals surface area contributed by atoms with E-state index < -0.39 is 0 Å². The smallest absolute Gasteiger partial charge is 0.195 e. The molecule has 0 spiro atoms. The molecule has 0 saturated carbocycles. The van der Waals surface area contributed by atoms with Gasteiger partial charge in [0.2, 0.25) is 0 Å². The second kappa shape index (κ2) is 5.82. The molecule has 0 unspecified atom stereocenters. The lowest BCUT2D eigenvalue weighted by Crippen LogP contribution is -2.03. The van der Waals surface area contributed by atoms with Crippen LogP contribution in [-0.2, 0) is 0 Å². The third-order valence-electron chi connectivity index (χ3n) is 3.78. The first-order chi connectivity index (χ1) is 10.6. The van der Waals surface area contributed by atoms with E-state index in [4.69, 9.17) is 11.6 Å². The Kier molecular flexibility index (Phi) is 3.86. The normalized spacial score (nSPS) is 10.7. The number of benzene rings is 2. The van der Waals surface area contributed by atoms with E-state index in [2.05, 4.69) is 4.98 Å². The van der Waals surface area contributed by atoms with Crippen molar-refractivity contribution in [1.29, 1.82) is 0 Å². The van der Waals surface area contributed by atoms with Crippen LogP contribution in [0.15, 0.2) is 54.6 Å². The number of nitrogens with one attached hydrogen (secondary N) is 1. The Labute approximate surface area is 134 Å². The first-order valence-corrected chi connectivity index (χ1v) is 7.51. The Bertz CT molecular complexity index is 834. The summed E-state index contributed by atoms with van der Waals surface area (Å²) in [6.45, 7) is 3.89. The maximum atomic E-state index is 12.9. The summed E-state index contributed by atoms with van der Waals surface area (Å²) >= 11 is 6.34. The molecular formula is C19H16ClNO. The van der Waals surface area contributed by atoms with Gasteiger partial charge in [-0.05, 0) is 19.9 Å². The van der Waals surface area contributed by atoms with Crippen molar-refractivity contribution in [3.05, 3.63) is 82.1 Å². The molecule has 3 aromatic rings. The van der Waals surface area contributed by atoms with E-state index in [1.54, 1.807) is 0 Å².